The summed E-state index contributed by atoms with van der Waals surface area (Å²) in [6.07, 6.45) is 9.81. The normalized spacial score (nSPS) is 29.6. The van der Waals surface area contributed by atoms with E-state index in [0.717, 1.165) is 6.04 Å². The zero-order valence-corrected chi connectivity index (χ0v) is 11.8. The Morgan fingerprint density at radius 3 is 2.53 bits per heavy atom. The summed E-state index contributed by atoms with van der Waals surface area (Å²) in [5.74, 6) is 0. The predicted molar refractivity (Wildman–Crippen MR) is 74.3 cm³/mol. The summed E-state index contributed by atoms with van der Waals surface area (Å²) in [7, 11) is 0. The number of nitrogens with one attached hydrogen (secondary N) is 1. The van der Waals surface area contributed by atoms with Crippen molar-refractivity contribution in [1.82, 2.24) is 10.2 Å². The Hall–Kier alpha value is -0.0800. The lowest BCUT2D eigenvalue weighted by molar-refractivity contribution is 0.220. The van der Waals surface area contributed by atoms with E-state index in [0.29, 0.717) is 5.41 Å². The molecule has 2 fully saturated rings. The number of hydrogen-bond acceptors (Lipinski definition) is 2. The Morgan fingerprint density at radius 2 is 1.88 bits per heavy atom. The van der Waals surface area contributed by atoms with Gasteiger partial charge in [0, 0.05) is 6.04 Å². The van der Waals surface area contributed by atoms with E-state index in [-0.39, 0.29) is 0 Å². The lowest BCUT2D eigenvalue weighted by atomic mass is 9.87. The highest BCUT2D eigenvalue weighted by atomic mass is 15.1. The minimum atomic E-state index is 0.533. The molecule has 0 radical (unpaired) electrons. The maximum atomic E-state index is 3.78. The van der Waals surface area contributed by atoms with Crippen molar-refractivity contribution in [3.63, 3.8) is 0 Å². The van der Waals surface area contributed by atoms with Gasteiger partial charge in [-0.05, 0) is 63.7 Å². The van der Waals surface area contributed by atoms with Gasteiger partial charge in [0.05, 0.1) is 0 Å². The molecule has 100 valence electrons. The van der Waals surface area contributed by atoms with Crippen LogP contribution in [0.4, 0.5) is 0 Å². The van der Waals surface area contributed by atoms with E-state index in [4.69, 9.17) is 0 Å². The van der Waals surface area contributed by atoms with Crippen molar-refractivity contribution in [2.24, 2.45) is 5.41 Å². The molecular weight excluding hydrogens is 208 g/mol. The molecule has 2 aliphatic rings. The van der Waals surface area contributed by atoms with Crippen LogP contribution in [-0.2, 0) is 0 Å². The van der Waals surface area contributed by atoms with Crippen molar-refractivity contribution in [2.45, 2.75) is 64.8 Å². The molecule has 1 heterocycles. The molecule has 0 spiro atoms. The summed E-state index contributed by atoms with van der Waals surface area (Å²) >= 11 is 0. The van der Waals surface area contributed by atoms with Crippen molar-refractivity contribution < 1.29 is 0 Å². The lowest BCUT2D eigenvalue weighted by Crippen LogP contribution is -2.39. The summed E-state index contributed by atoms with van der Waals surface area (Å²) in [6, 6.07) is 0.767. The maximum absolute atomic E-state index is 3.78. The molecule has 0 aromatic heterocycles. The van der Waals surface area contributed by atoms with Gasteiger partial charge in [0.15, 0.2) is 0 Å². The average Bonchev–Trinajstić information content (AvgIpc) is 2.66. The van der Waals surface area contributed by atoms with Crippen LogP contribution in [0.2, 0.25) is 0 Å². The zero-order valence-electron chi connectivity index (χ0n) is 11.8. The molecule has 0 aromatic carbocycles. The van der Waals surface area contributed by atoms with Gasteiger partial charge in [0.25, 0.3) is 0 Å². The second-order valence-electron chi connectivity index (χ2n) is 6.64. The monoisotopic (exact) mass is 238 g/mol. The van der Waals surface area contributed by atoms with E-state index >= 15 is 0 Å². The summed E-state index contributed by atoms with van der Waals surface area (Å²) < 4.78 is 0. The molecule has 1 unspecified atom stereocenters. The average molecular weight is 238 g/mol. The molecule has 2 heteroatoms. The van der Waals surface area contributed by atoms with Crippen LogP contribution < -0.4 is 5.32 Å². The van der Waals surface area contributed by atoms with E-state index in [9.17, 15) is 0 Å². The zero-order chi connectivity index (χ0) is 12.1. The van der Waals surface area contributed by atoms with Crippen LogP contribution in [0.3, 0.4) is 0 Å². The van der Waals surface area contributed by atoms with Crippen molar-refractivity contribution in [3.8, 4) is 0 Å². The van der Waals surface area contributed by atoms with Gasteiger partial charge in [-0.25, -0.2) is 0 Å². The topological polar surface area (TPSA) is 15.3 Å². The van der Waals surface area contributed by atoms with Crippen LogP contribution in [0, 0.1) is 5.41 Å². The van der Waals surface area contributed by atoms with Crippen LogP contribution in [0.5, 0.6) is 0 Å². The Kier molecular flexibility index (Phi) is 4.87. The number of likely N-dealkylation sites (tertiary alicyclic amines) is 1. The van der Waals surface area contributed by atoms with E-state index in [1.165, 1.54) is 71.1 Å². The predicted octanol–water partition coefficient (Wildman–Crippen LogP) is 3.03. The summed E-state index contributed by atoms with van der Waals surface area (Å²) in [4.78, 5) is 2.64. The largest absolute Gasteiger partial charge is 0.313 e. The standard InChI is InChI=1S/C15H30N2/c1-15(2)9-6-8-14(15)16-10-7-13-17-11-4-3-5-12-17/h14,16H,3-13H2,1-2H3. The van der Waals surface area contributed by atoms with Gasteiger partial charge in [-0.3, -0.25) is 0 Å². The van der Waals surface area contributed by atoms with Gasteiger partial charge < -0.3 is 10.2 Å². The van der Waals surface area contributed by atoms with Gasteiger partial charge in [0.1, 0.15) is 0 Å². The van der Waals surface area contributed by atoms with E-state index in [2.05, 4.69) is 24.1 Å². The highest BCUT2D eigenvalue weighted by molar-refractivity contribution is 4.89. The molecule has 1 saturated carbocycles. The minimum absolute atomic E-state index is 0.533. The Morgan fingerprint density at radius 1 is 1.12 bits per heavy atom. The van der Waals surface area contributed by atoms with Crippen molar-refractivity contribution >= 4 is 0 Å². The lowest BCUT2D eigenvalue weighted by Gasteiger charge is -2.29. The van der Waals surface area contributed by atoms with Gasteiger partial charge in [-0.2, -0.15) is 0 Å². The molecule has 2 rings (SSSR count). The number of piperidine rings is 1. The summed E-state index contributed by atoms with van der Waals surface area (Å²) in [6.45, 7) is 10.0. The molecule has 1 aliphatic heterocycles. The van der Waals surface area contributed by atoms with Crippen LogP contribution in [0.15, 0.2) is 0 Å². The molecule has 0 aromatic rings. The van der Waals surface area contributed by atoms with E-state index in [1.807, 2.05) is 0 Å². The van der Waals surface area contributed by atoms with Gasteiger partial charge >= 0.3 is 0 Å². The molecule has 1 saturated heterocycles. The van der Waals surface area contributed by atoms with Crippen LogP contribution in [0.25, 0.3) is 0 Å². The van der Waals surface area contributed by atoms with E-state index < -0.39 is 0 Å². The first-order valence-corrected chi connectivity index (χ1v) is 7.64. The third kappa shape index (κ3) is 3.96. The third-order valence-corrected chi connectivity index (χ3v) is 4.75. The fraction of sp³-hybridized carbons (Fsp3) is 1.00. The second kappa shape index (κ2) is 6.19. The number of nitrogens with zero attached hydrogens (tertiary/aromatic N) is 1. The van der Waals surface area contributed by atoms with Crippen LogP contribution in [-0.4, -0.2) is 37.1 Å². The minimum Gasteiger partial charge on any atom is -0.313 e. The fourth-order valence-electron chi connectivity index (χ4n) is 3.47. The Balaban J connectivity index is 1.56. The van der Waals surface area contributed by atoms with Gasteiger partial charge in [-0.1, -0.05) is 26.7 Å². The van der Waals surface area contributed by atoms with Gasteiger partial charge in [-0.15, -0.1) is 0 Å². The molecule has 1 atom stereocenters. The third-order valence-electron chi connectivity index (χ3n) is 4.75. The smallest absolute Gasteiger partial charge is 0.0118 e. The van der Waals surface area contributed by atoms with Crippen molar-refractivity contribution in [1.29, 1.82) is 0 Å². The summed E-state index contributed by atoms with van der Waals surface area (Å²) in [5.41, 5.74) is 0.533. The van der Waals surface area contributed by atoms with Crippen LogP contribution >= 0.6 is 0 Å². The Labute approximate surface area is 107 Å². The fourth-order valence-corrected chi connectivity index (χ4v) is 3.47. The summed E-state index contributed by atoms with van der Waals surface area (Å²) in [5, 5.41) is 3.78. The number of hydrogen-bond donors (Lipinski definition) is 1. The van der Waals surface area contributed by atoms with Gasteiger partial charge in [0.2, 0.25) is 0 Å². The van der Waals surface area contributed by atoms with Crippen molar-refractivity contribution in [2.75, 3.05) is 26.2 Å². The molecule has 17 heavy (non-hydrogen) atoms. The molecular formula is C15H30N2. The molecule has 2 nitrogen and oxygen atoms in total. The highest BCUT2D eigenvalue weighted by Crippen LogP contribution is 2.36. The van der Waals surface area contributed by atoms with Crippen LogP contribution in [0.1, 0.15) is 58.8 Å². The Bertz CT molecular complexity index is 219. The number of rotatable bonds is 5. The quantitative estimate of drug-likeness (QED) is 0.741. The molecule has 1 N–H and O–H groups in total. The highest BCUT2D eigenvalue weighted by Gasteiger charge is 2.33. The molecule has 0 amide bonds. The molecule has 1 aliphatic carbocycles. The second-order valence-corrected chi connectivity index (χ2v) is 6.64. The van der Waals surface area contributed by atoms with E-state index in [1.54, 1.807) is 0 Å². The first kappa shape index (κ1) is 13.4. The first-order valence-electron chi connectivity index (χ1n) is 7.64. The maximum Gasteiger partial charge on any atom is 0.0118 e. The van der Waals surface area contributed by atoms with Crippen molar-refractivity contribution in [3.05, 3.63) is 0 Å². The first-order chi connectivity index (χ1) is 8.18. The SMILES string of the molecule is CC1(C)CCCC1NCCCN1CCCCC1. The molecule has 0 bridgehead atoms.